The fourth-order valence-corrected chi connectivity index (χ4v) is 0.600. The number of aromatic nitrogens is 4. The Morgan fingerprint density at radius 3 is 2.91 bits per heavy atom. The van der Waals surface area contributed by atoms with Crippen molar-refractivity contribution >= 4 is 18.2 Å². The number of H-pyrrole nitrogens is 1. The van der Waals surface area contributed by atoms with Gasteiger partial charge >= 0.3 is 35.5 Å². The Morgan fingerprint density at radius 1 is 1.91 bits per heavy atom. The fraction of sp³-hybridized carbons (Fsp3) is 0.333. The zero-order chi connectivity index (χ0) is 7.56. The van der Waals surface area contributed by atoms with Crippen LogP contribution >= 0.6 is 12.2 Å². The van der Waals surface area contributed by atoms with Crippen molar-refractivity contribution in [1.82, 2.24) is 20.2 Å². The number of aromatic amines is 1. The Morgan fingerprint density at radius 2 is 2.55 bits per heavy atom. The molecule has 1 aromatic heterocycles. The van der Waals surface area contributed by atoms with E-state index in [9.17, 15) is 4.79 Å². The number of hydrogen-bond donors (Lipinski definition) is 2. The van der Waals surface area contributed by atoms with Crippen LogP contribution in [-0.2, 0) is 11.3 Å². The fourth-order valence-electron chi connectivity index (χ4n) is 0.454. The van der Waals surface area contributed by atoms with E-state index in [0.29, 0.717) is 0 Å². The summed E-state index contributed by atoms with van der Waals surface area (Å²) in [6.07, 6.45) is 0. The molecule has 0 unspecified atom stereocenters. The predicted octanol–water partition coefficient (Wildman–Crippen LogP) is -3.46. The van der Waals surface area contributed by atoms with E-state index in [1.807, 2.05) is 0 Å². The SMILES string of the molecule is O=C(O)Cn1[nH]nnc1=S.[H-].[Na+]. The molecule has 11 heavy (non-hydrogen) atoms. The molecule has 0 saturated heterocycles. The second kappa shape index (κ2) is 4.60. The summed E-state index contributed by atoms with van der Waals surface area (Å²) in [6.45, 7) is -0.230. The van der Waals surface area contributed by atoms with Crippen molar-refractivity contribution in [2.45, 2.75) is 6.54 Å². The van der Waals surface area contributed by atoms with Gasteiger partial charge in [-0.25, -0.2) is 4.68 Å². The summed E-state index contributed by atoms with van der Waals surface area (Å²) in [6, 6.07) is 0. The maximum atomic E-state index is 10.1. The molecule has 0 aromatic carbocycles. The van der Waals surface area contributed by atoms with Gasteiger partial charge in [0.15, 0.2) is 0 Å². The second-order valence-corrected chi connectivity index (χ2v) is 1.93. The first kappa shape index (κ1) is 10.8. The molecule has 0 aliphatic carbocycles. The molecule has 0 fully saturated rings. The number of nitrogens with one attached hydrogen (secondary N) is 1. The summed E-state index contributed by atoms with van der Waals surface area (Å²) < 4.78 is 1.29. The van der Waals surface area contributed by atoms with Crippen molar-refractivity contribution in [2.24, 2.45) is 0 Å². The molecular weight excluding hydrogens is 179 g/mol. The van der Waals surface area contributed by atoms with E-state index in [4.69, 9.17) is 5.11 Å². The Labute approximate surface area is 90.4 Å². The predicted molar refractivity (Wildman–Crippen MR) is 34.0 cm³/mol. The number of carboxylic acid groups (broad SMARTS) is 1. The maximum Gasteiger partial charge on any atom is 1.00 e. The molecule has 0 radical (unpaired) electrons. The normalized spacial score (nSPS) is 8.73. The smallest absolute Gasteiger partial charge is 1.00 e. The standard InChI is InChI=1S/C3H4N4O2S.Na.H/c8-2(9)1-7-3(10)4-5-6-7;;/h1H2,(H,8,9)(H,4,6,10);;/q;+1;-1. The molecule has 0 aliphatic heterocycles. The van der Waals surface area contributed by atoms with Crippen molar-refractivity contribution in [2.75, 3.05) is 0 Å². The van der Waals surface area contributed by atoms with E-state index >= 15 is 0 Å². The summed E-state index contributed by atoms with van der Waals surface area (Å²) in [5.41, 5.74) is 0. The minimum Gasteiger partial charge on any atom is -1.00 e. The zero-order valence-corrected chi connectivity index (χ0v) is 8.63. The van der Waals surface area contributed by atoms with Crippen molar-refractivity contribution in [3.8, 4) is 0 Å². The number of carbonyl (C=O) groups is 1. The average molecular weight is 184 g/mol. The van der Waals surface area contributed by atoms with Crippen LogP contribution in [-0.4, -0.2) is 31.3 Å². The van der Waals surface area contributed by atoms with Crippen LogP contribution in [0.4, 0.5) is 0 Å². The summed E-state index contributed by atoms with van der Waals surface area (Å²) in [5, 5.41) is 17.2. The van der Waals surface area contributed by atoms with Crippen molar-refractivity contribution in [3.63, 3.8) is 0 Å². The monoisotopic (exact) mass is 184 g/mol. The van der Waals surface area contributed by atoms with Crippen LogP contribution in [0.1, 0.15) is 1.43 Å². The molecule has 0 bridgehead atoms. The second-order valence-electron chi connectivity index (χ2n) is 1.56. The minimum atomic E-state index is -0.984. The summed E-state index contributed by atoms with van der Waals surface area (Å²) in [5.74, 6) is -0.984. The van der Waals surface area contributed by atoms with E-state index in [-0.39, 0.29) is 42.3 Å². The van der Waals surface area contributed by atoms with Crippen molar-refractivity contribution in [3.05, 3.63) is 4.77 Å². The van der Waals surface area contributed by atoms with Gasteiger partial charge in [0.1, 0.15) is 6.54 Å². The molecule has 8 heteroatoms. The zero-order valence-electron chi connectivity index (χ0n) is 6.81. The number of nitrogens with zero attached hydrogens (tertiary/aromatic N) is 3. The van der Waals surface area contributed by atoms with Gasteiger partial charge in [0.05, 0.1) is 0 Å². The van der Waals surface area contributed by atoms with Crippen LogP contribution in [0.25, 0.3) is 0 Å². The van der Waals surface area contributed by atoms with E-state index in [0.717, 1.165) is 4.68 Å². The van der Waals surface area contributed by atoms with Crippen LogP contribution in [0.2, 0.25) is 0 Å². The molecule has 2 N–H and O–H groups in total. The molecule has 56 valence electrons. The third-order valence-electron chi connectivity index (χ3n) is 0.825. The molecule has 6 nitrogen and oxygen atoms in total. The number of tetrazole rings is 1. The third kappa shape index (κ3) is 3.10. The topological polar surface area (TPSA) is 83.8 Å². The number of rotatable bonds is 2. The first-order valence-corrected chi connectivity index (χ1v) is 2.80. The van der Waals surface area contributed by atoms with Gasteiger partial charge in [0, 0.05) is 0 Å². The van der Waals surface area contributed by atoms with Crippen LogP contribution in [0, 0.1) is 4.77 Å². The minimum absolute atomic E-state index is 0. The molecule has 1 heterocycles. The van der Waals surface area contributed by atoms with Gasteiger partial charge in [0.25, 0.3) is 0 Å². The molecule has 0 atom stereocenters. The molecular formula is C3H5N4NaO2S. The summed E-state index contributed by atoms with van der Waals surface area (Å²) in [4.78, 5) is 10.1. The van der Waals surface area contributed by atoms with Gasteiger partial charge in [-0.05, 0) is 12.2 Å². The Balaban J connectivity index is 0. The Bertz CT molecular complexity index is 298. The van der Waals surface area contributed by atoms with E-state index < -0.39 is 5.97 Å². The largest absolute Gasteiger partial charge is 1.00 e. The van der Waals surface area contributed by atoms with Gasteiger partial charge in [-0.3, -0.25) is 4.79 Å². The number of carboxylic acids is 1. The Kier molecular flexibility index (Phi) is 4.50. The van der Waals surface area contributed by atoms with Crippen LogP contribution in [0.3, 0.4) is 0 Å². The Hall–Kier alpha value is -0.240. The van der Waals surface area contributed by atoms with Gasteiger partial charge in [-0.1, -0.05) is 10.3 Å². The van der Waals surface area contributed by atoms with E-state index in [2.05, 4.69) is 27.7 Å². The summed E-state index contributed by atoms with van der Waals surface area (Å²) >= 11 is 4.60. The maximum absolute atomic E-state index is 10.1. The van der Waals surface area contributed by atoms with Crippen LogP contribution < -0.4 is 29.6 Å². The van der Waals surface area contributed by atoms with E-state index in [1.165, 1.54) is 0 Å². The molecule has 0 spiro atoms. The quantitative estimate of drug-likeness (QED) is 0.368. The first-order valence-electron chi connectivity index (χ1n) is 2.40. The third-order valence-corrected chi connectivity index (χ3v) is 1.13. The van der Waals surface area contributed by atoms with Crippen molar-refractivity contribution < 1.29 is 40.9 Å². The average Bonchev–Trinajstić information content (AvgIpc) is 2.15. The number of hydrogen-bond acceptors (Lipinski definition) is 4. The van der Waals surface area contributed by atoms with Gasteiger partial charge in [-0.2, -0.15) is 5.21 Å². The van der Waals surface area contributed by atoms with Crippen LogP contribution in [0.5, 0.6) is 0 Å². The number of aliphatic carboxylic acids is 1. The molecule has 0 aliphatic rings. The van der Waals surface area contributed by atoms with Crippen LogP contribution in [0.15, 0.2) is 0 Å². The molecule has 1 aromatic rings. The van der Waals surface area contributed by atoms with E-state index in [1.54, 1.807) is 0 Å². The van der Waals surface area contributed by atoms with Crippen molar-refractivity contribution in [1.29, 1.82) is 0 Å². The molecule has 0 saturated carbocycles. The van der Waals surface area contributed by atoms with Gasteiger partial charge in [0.2, 0.25) is 4.77 Å². The van der Waals surface area contributed by atoms with Gasteiger partial charge < -0.3 is 6.53 Å². The molecule has 1 rings (SSSR count). The summed E-state index contributed by atoms with van der Waals surface area (Å²) in [7, 11) is 0. The van der Waals surface area contributed by atoms with Gasteiger partial charge in [-0.15, -0.1) is 0 Å². The molecule has 0 amide bonds. The first-order chi connectivity index (χ1) is 4.70.